The normalized spacial score (nSPS) is 12.1. The quantitative estimate of drug-likeness (QED) is 0.0372. The van der Waals surface area contributed by atoms with Gasteiger partial charge in [-0.05, 0) is 96.1 Å². The number of nitrogens with zero attached hydrogens (tertiary/aromatic N) is 3. The van der Waals surface area contributed by atoms with Crippen LogP contribution in [0.1, 0.15) is 72.5 Å². The van der Waals surface area contributed by atoms with Gasteiger partial charge in [-0.25, -0.2) is 0 Å². The van der Waals surface area contributed by atoms with Gasteiger partial charge in [-0.1, -0.05) is 65.3 Å². The molecule has 0 spiro atoms. The maximum atomic E-state index is 13.2. The van der Waals surface area contributed by atoms with E-state index in [4.69, 9.17) is 21.1 Å². The molecule has 0 atom stereocenters. The molecule has 0 saturated heterocycles. The second kappa shape index (κ2) is 18.3. The third-order valence-electron chi connectivity index (χ3n) is 10.5. The van der Waals surface area contributed by atoms with Crippen molar-refractivity contribution in [1.29, 1.82) is 0 Å². The zero-order chi connectivity index (χ0) is 42.0. The molecule has 15 heteroatoms. The summed E-state index contributed by atoms with van der Waals surface area (Å²) in [6, 6.07) is 20.1. The average molecular weight is 841 g/mol. The van der Waals surface area contributed by atoms with Crippen LogP contribution in [0.5, 0.6) is 28.7 Å². The number of fused-ring (bicyclic) bond motifs is 1. The number of azo groups is 1. The number of halogens is 1. The molecule has 0 fully saturated rings. The van der Waals surface area contributed by atoms with Crippen molar-refractivity contribution in [2.75, 3.05) is 30.9 Å². The predicted molar refractivity (Wildman–Crippen MR) is 227 cm³/mol. The van der Waals surface area contributed by atoms with Crippen LogP contribution in [-0.2, 0) is 25.7 Å². The second-order valence-corrected chi connectivity index (χ2v) is 17.1. The third kappa shape index (κ3) is 10.3. The number of phenolic OH excluding ortho intramolecular Hbond substituents is 2. The summed E-state index contributed by atoms with van der Waals surface area (Å²) in [6.45, 7) is 14.3. The van der Waals surface area contributed by atoms with Crippen molar-refractivity contribution < 1.29 is 68.4 Å². The molecule has 0 unspecified atom stereocenters. The largest absolute Gasteiger partial charge is 1.00 e. The smallest absolute Gasteiger partial charge is 1.00 e. The fraction of sp³-hybridized carbons (Fsp3) is 0.326. The van der Waals surface area contributed by atoms with Crippen LogP contribution in [0.25, 0.3) is 10.8 Å². The van der Waals surface area contributed by atoms with Crippen LogP contribution < -0.4 is 49.2 Å². The molecular formula is C43H50ClN4NaO8S. The summed E-state index contributed by atoms with van der Waals surface area (Å²) in [7, 11) is -1.16. The Labute approximate surface area is 368 Å². The molecule has 58 heavy (non-hydrogen) atoms. The average Bonchev–Trinajstić information content (AvgIpc) is 3.17. The van der Waals surface area contributed by atoms with Crippen LogP contribution in [0.2, 0.25) is 5.02 Å². The Morgan fingerprint density at radius 1 is 0.879 bits per heavy atom. The number of ether oxygens (including phenoxy) is 2. The van der Waals surface area contributed by atoms with Crippen LogP contribution >= 0.6 is 11.6 Å². The SMILES string of the molecule is CCC(C)(C)c1ccc(OCC(=O)Nc2cc(Oc3ccc(N=Nc4c(S(=O)(=O)O)cc5cc(N(C)C)ccc5c4O)cc3)c(C)c(Cl)c2O)c(C(C)(C)CC)c1.[H-].[Na+]. The van der Waals surface area contributed by atoms with Gasteiger partial charge in [0.2, 0.25) is 0 Å². The summed E-state index contributed by atoms with van der Waals surface area (Å²) in [5, 5.41) is 33.3. The van der Waals surface area contributed by atoms with Gasteiger partial charge in [0, 0.05) is 42.4 Å². The summed E-state index contributed by atoms with van der Waals surface area (Å²) >= 11 is 6.48. The molecule has 0 aliphatic carbocycles. The molecule has 4 N–H and O–H groups in total. The molecule has 0 radical (unpaired) electrons. The first-order valence-corrected chi connectivity index (χ1v) is 20.2. The van der Waals surface area contributed by atoms with E-state index in [2.05, 4.69) is 63.2 Å². The van der Waals surface area contributed by atoms with Crippen molar-refractivity contribution in [3.8, 4) is 28.7 Å². The summed E-state index contributed by atoms with van der Waals surface area (Å²) < 4.78 is 46.7. The maximum Gasteiger partial charge on any atom is 1.00 e. The standard InChI is InChI=1S/C43H49ClN4O8S.Na.H/c1-10-42(4,5)27-12-19-34(32(22-27)43(6,7)11-2)55-24-37(49)45-33-23-35(25(3)38(44)41(33)51)56-30-16-13-28(14-17-30)46-47-39-36(57(52,53)54)21-26-20-29(48(8)9)15-18-31(26)40(39)50;;/h12-23,50-51H,10-11,24H2,1-9H3,(H,45,49)(H,52,53,54);;/q;+1;-1. The van der Waals surface area contributed by atoms with E-state index in [0.29, 0.717) is 27.8 Å². The Kier molecular flexibility index (Phi) is 14.6. The van der Waals surface area contributed by atoms with E-state index >= 15 is 0 Å². The summed E-state index contributed by atoms with van der Waals surface area (Å²) in [4.78, 5) is 14.4. The molecule has 0 aromatic heterocycles. The molecule has 304 valence electrons. The Morgan fingerprint density at radius 3 is 2.14 bits per heavy atom. The van der Waals surface area contributed by atoms with Crippen LogP contribution in [0.15, 0.2) is 87.9 Å². The molecule has 12 nitrogen and oxygen atoms in total. The first-order valence-electron chi connectivity index (χ1n) is 18.4. The molecule has 0 saturated carbocycles. The van der Waals surface area contributed by atoms with E-state index in [9.17, 15) is 28.0 Å². The zero-order valence-electron chi connectivity index (χ0n) is 35.6. The number of hydrogen-bond acceptors (Lipinski definition) is 10. The Bertz CT molecular complexity index is 2480. The van der Waals surface area contributed by atoms with Crippen molar-refractivity contribution in [1.82, 2.24) is 0 Å². The number of amides is 1. The van der Waals surface area contributed by atoms with Gasteiger partial charge >= 0.3 is 29.6 Å². The fourth-order valence-corrected chi connectivity index (χ4v) is 6.82. The number of aromatic hydroxyl groups is 2. The van der Waals surface area contributed by atoms with E-state index in [1.165, 1.54) is 29.8 Å². The van der Waals surface area contributed by atoms with Crippen LogP contribution in [-0.4, -0.2) is 49.8 Å². The molecule has 0 bridgehead atoms. The van der Waals surface area contributed by atoms with Gasteiger partial charge in [0.05, 0.1) is 16.4 Å². The fourth-order valence-electron chi connectivity index (χ4n) is 5.97. The summed E-state index contributed by atoms with van der Waals surface area (Å²) in [6.07, 6.45) is 1.83. The van der Waals surface area contributed by atoms with Crippen molar-refractivity contribution in [3.63, 3.8) is 0 Å². The minimum Gasteiger partial charge on any atom is -1.00 e. The number of carbonyl (C=O) groups is 1. The first-order chi connectivity index (χ1) is 26.7. The number of anilines is 2. The minimum atomic E-state index is -4.79. The monoisotopic (exact) mass is 840 g/mol. The number of nitrogens with one attached hydrogen (secondary N) is 1. The van der Waals surface area contributed by atoms with Crippen LogP contribution in [0.3, 0.4) is 0 Å². The molecule has 5 aromatic rings. The molecule has 0 aliphatic heterocycles. The topological polar surface area (TPSA) is 170 Å². The number of phenols is 2. The van der Waals surface area contributed by atoms with E-state index in [-0.39, 0.29) is 76.3 Å². The Morgan fingerprint density at radius 2 is 1.53 bits per heavy atom. The Balaban J connectivity index is 0.00000465. The van der Waals surface area contributed by atoms with Gasteiger partial charge in [-0.3, -0.25) is 9.35 Å². The zero-order valence-corrected chi connectivity index (χ0v) is 38.1. The number of hydrogen-bond donors (Lipinski definition) is 4. The van der Waals surface area contributed by atoms with E-state index < -0.39 is 32.4 Å². The van der Waals surface area contributed by atoms with Gasteiger partial charge in [0.15, 0.2) is 18.1 Å². The first kappa shape index (κ1) is 46.3. The van der Waals surface area contributed by atoms with Gasteiger partial charge in [0.25, 0.3) is 16.0 Å². The van der Waals surface area contributed by atoms with Crippen molar-refractivity contribution >= 4 is 61.1 Å². The molecule has 5 rings (SSSR count). The number of carbonyl (C=O) groups excluding carboxylic acids is 1. The molecular weight excluding hydrogens is 791 g/mol. The van der Waals surface area contributed by atoms with Crippen LogP contribution in [0, 0.1) is 6.92 Å². The van der Waals surface area contributed by atoms with Crippen LogP contribution in [0.4, 0.5) is 22.7 Å². The van der Waals surface area contributed by atoms with Gasteiger partial charge < -0.3 is 31.3 Å². The predicted octanol–water partition coefficient (Wildman–Crippen LogP) is 8.24. The second-order valence-electron chi connectivity index (χ2n) is 15.4. The summed E-state index contributed by atoms with van der Waals surface area (Å²) in [5.74, 6) is -0.109. The Hall–Kier alpha value is -4.37. The van der Waals surface area contributed by atoms with Crippen molar-refractivity contribution in [2.24, 2.45) is 10.2 Å². The van der Waals surface area contributed by atoms with Crippen molar-refractivity contribution in [2.45, 2.75) is 77.0 Å². The van der Waals surface area contributed by atoms with Gasteiger partial charge in [-0.15, -0.1) is 5.11 Å². The summed E-state index contributed by atoms with van der Waals surface area (Å²) in [5.41, 5.74) is 3.02. The number of benzene rings is 5. The van der Waals surface area contributed by atoms with Gasteiger partial charge in [-0.2, -0.15) is 13.5 Å². The third-order valence-corrected chi connectivity index (χ3v) is 11.8. The van der Waals surface area contributed by atoms with Gasteiger partial charge in [0.1, 0.15) is 27.8 Å². The number of rotatable bonds is 14. The minimum absolute atomic E-state index is 0. The molecule has 5 aromatic carbocycles. The van der Waals surface area contributed by atoms with E-state index in [1.807, 2.05) is 31.1 Å². The van der Waals surface area contributed by atoms with Crippen molar-refractivity contribution in [3.05, 3.63) is 94.5 Å². The maximum absolute atomic E-state index is 13.2. The molecule has 0 aliphatic rings. The van der Waals surface area contributed by atoms with E-state index in [1.54, 1.807) is 37.3 Å². The molecule has 1 amide bonds. The molecule has 0 heterocycles. The van der Waals surface area contributed by atoms with E-state index in [0.717, 1.165) is 24.1 Å².